The number of halogens is 1. The molecule has 24 heavy (non-hydrogen) atoms. The average Bonchev–Trinajstić information content (AvgIpc) is 2.98. The molecule has 1 aliphatic rings. The van der Waals surface area contributed by atoms with E-state index in [2.05, 4.69) is 5.32 Å². The van der Waals surface area contributed by atoms with Gasteiger partial charge in [-0.2, -0.15) is 0 Å². The summed E-state index contributed by atoms with van der Waals surface area (Å²) in [7, 11) is 0. The third kappa shape index (κ3) is 3.59. The summed E-state index contributed by atoms with van der Waals surface area (Å²) in [6.45, 7) is 0. The third-order valence-corrected chi connectivity index (χ3v) is 5.17. The lowest BCUT2D eigenvalue weighted by molar-refractivity contribution is -0.137. The van der Waals surface area contributed by atoms with Crippen molar-refractivity contribution in [1.82, 2.24) is 5.32 Å². The van der Waals surface area contributed by atoms with Gasteiger partial charge in [-0.05, 0) is 29.3 Å². The van der Waals surface area contributed by atoms with Crippen LogP contribution in [-0.4, -0.2) is 22.7 Å². The zero-order chi connectivity index (χ0) is 17.1. The molecule has 4 nitrogen and oxygen atoms in total. The van der Waals surface area contributed by atoms with E-state index in [0.29, 0.717) is 11.3 Å². The lowest BCUT2D eigenvalue weighted by atomic mass is 9.98. The number of carboxylic acid groups (broad SMARTS) is 1. The molecule has 0 unspecified atom stereocenters. The molecule has 1 aliphatic heterocycles. The summed E-state index contributed by atoms with van der Waals surface area (Å²) in [6, 6.07) is 12.5. The zero-order valence-electron chi connectivity index (χ0n) is 12.7. The largest absolute Gasteiger partial charge is 0.481 e. The van der Waals surface area contributed by atoms with Gasteiger partial charge in [0.1, 0.15) is 5.82 Å². The topological polar surface area (TPSA) is 66.4 Å². The molecule has 0 saturated carbocycles. The molecule has 0 aromatic heterocycles. The van der Waals surface area contributed by atoms with Crippen LogP contribution in [0.2, 0.25) is 0 Å². The first-order chi connectivity index (χ1) is 11.5. The lowest BCUT2D eigenvalue weighted by Crippen LogP contribution is -2.34. The van der Waals surface area contributed by atoms with Crippen LogP contribution in [0.25, 0.3) is 0 Å². The molecular formula is C18H16FNO3S. The summed E-state index contributed by atoms with van der Waals surface area (Å²) in [5.74, 6) is -1.30. The van der Waals surface area contributed by atoms with Crippen molar-refractivity contribution < 1.29 is 19.1 Å². The van der Waals surface area contributed by atoms with E-state index in [1.807, 2.05) is 24.3 Å². The summed E-state index contributed by atoms with van der Waals surface area (Å²) < 4.78 is 13.1. The van der Waals surface area contributed by atoms with Gasteiger partial charge < -0.3 is 10.4 Å². The number of hydrogen-bond donors (Lipinski definition) is 2. The van der Waals surface area contributed by atoms with Crippen molar-refractivity contribution in [2.24, 2.45) is 0 Å². The van der Waals surface area contributed by atoms with Crippen LogP contribution >= 0.6 is 11.8 Å². The Bertz CT molecular complexity index is 763. The molecule has 2 atom stereocenters. The van der Waals surface area contributed by atoms with Crippen LogP contribution < -0.4 is 5.32 Å². The van der Waals surface area contributed by atoms with Crippen LogP contribution in [0.1, 0.15) is 29.5 Å². The van der Waals surface area contributed by atoms with Gasteiger partial charge in [0.25, 0.3) is 0 Å². The molecular weight excluding hydrogens is 329 g/mol. The Morgan fingerprint density at radius 2 is 1.92 bits per heavy atom. The van der Waals surface area contributed by atoms with Gasteiger partial charge in [-0.3, -0.25) is 9.59 Å². The molecule has 1 heterocycles. The van der Waals surface area contributed by atoms with Crippen molar-refractivity contribution >= 4 is 23.6 Å². The minimum Gasteiger partial charge on any atom is -0.481 e. The SMILES string of the molecule is O=C(O)C[C@@H](NC(=O)[C@H]1CSc2ccccc21)c1ccc(F)cc1. The van der Waals surface area contributed by atoms with Crippen molar-refractivity contribution in [3.63, 3.8) is 0 Å². The van der Waals surface area contributed by atoms with E-state index in [1.54, 1.807) is 11.8 Å². The predicted molar refractivity (Wildman–Crippen MR) is 89.4 cm³/mol. The predicted octanol–water partition coefficient (Wildman–Crippen LogP) is 3.35. The molecule has 0 saturated heterocycles. The van der Waals surface area contributed by atoms with Gasteiger partial charge >= 0.3 is 5.97 Å². The van der Waals surface area contributed by atoms with Gasteiger partial charge in [-0.25, -0.2) is 4.39 Å². The van der Waals surface area contributed by atoms with Crippen LogP contribution in [0.15, 0.2) is 53.4 Å². The van der Waals surface area contributed by atoms with Crippen molar-refractivity contribution in [3.8, 4) is 0 Å². The molecule has 0 aliphatic carbocycles. The summed E-state index contributed by atoms with van der Waals surface area (Å²) in [6.07, 6.45) is -0.251. The number of benzene rings is 2. The third-order valence-electron chi connectivity index (χ3n) is 3.98. The fraction of sp³-hybridized carbons (Fsp3) is 0.222. The lowest BCUT2D eigenvalue weighted by Gasteiger charge is -2.20. The second kappa shape index (κ2) is 7.05. The second-order valence-electron chi connectivity index (χ2n) is 5.61. The van der Waals surface area contributed by atoms with Crippen molar-refractivity contribution in [3.05, 3.63) is 65.5 Å². The Labute approximate surface area is 143 Å². The molecule has 0 radical (unpaired) electrons. The van der Waals surface area contributed by atoms with Crippen molar-refractivity contribution in [1.29, 1.82) is 0 Å². The fourth-order valence-electron chi connectivity index (χ4n) is 2.77. The number of nitrogens with one attached hydrogen (secondary N) is 1. The Balaban J connectivity index is 1.79. The van der Waals surface area contributed by atoms with Crippen molar-refractivity contribution in [2.75, 3.05) is 5.75 Å². The van der Waals surface area contributed by atoms with Gasteiger partial charge in [-0.1, -0.05) is 30.3 Å². The molecule has 0 spiro atoms. The Morgan fingerprint density at radius 1 is 1.21 bits per heavy atom. The highest BCUT2D eigenvalue weighted by Gasteiger charge is 2.30. The minimum absolute atomic E-state index is 0.206. The van der Waals surface area contributed by atoms with Crippen LogP contribution in [0, 0.1) is 5.82 Å². The Morgan fingerprint density at radius 3 is 2.62 bits per heavy atom. The number of carbonyl (C=O) groups excluding carboxylic acids is 1. The maximum Gasteiger partial charge on any atom is 0.305 e. The number of fused-ring (bicyclic) bond motifs is 1. The Hall–Kier alpha value is -2.34. The van der Waals surface area contributed by atoms with E-state index in [4.69, 9.17) is 5.11 Å². The molecule has 2 aromatic carbocycles. The average molecular weight is 345 g/mol. The number of rotatable bonds is 5. The van der Waals surface area contributed by atoms with Gasteiger partial charge in [-0.15, -0.1) is 11.8 Å². The number of carbonyl (C=O) groups is 2. The first-order valence-electron chi connectivity index (χ1n) is 7.54. The molecule has 3 rings (SSSR count). The van der Waals surface area contributed by atoms with E-state index in [-0.39, 0.29) is 18.2 Å². The van der Waals surface area contributed by atoms with E-state index in [9.17, 15) is 14.0 Å². The zero-order valence-corrected chi connectivity index (χ0v) is 13.6. The summed E-state index contributed by atoms with van der Waals surface area (Å²) in [5.41, 5.74) is 1.54. The number of thioether (sulfide) groups is 1. The molecule has 2 N–H and O–H groups in total. The molecule has 6 heteroatoms. The fourth-order valence-corrected chi connectivity index (χ4v) is 4.00. The van der Waals surface area contributed by atoms with Gasteiger partial charge in [0.15, 0.2) is 0 Å². The van der Waals surface area contributed by atoms with Crippen LogP contribution in [0.5, 0.6) is 0 Å². The maximum atomic E-state index is 13.1. The first-order valence-corrected chi connectivity index (χ1v) is 8.52. The monoisotopic (exact) mass is 345 g/mol. The highest BCUT2D eigenvalue weighted by Crippen LogP contribution is 2.39. The van der Waals surface area contributed by atoms with E-state index < -0.39 is 17.8 Å². The van der Waals surface area contributed by atoms with Gasteiger partial charge in [0, 0.05) is 10.6 Å². The second-order valence-corrected chi connectivity index (χ2v) is 6.67. The molecule has 124 valence electrons. The van der Waals surface area contributed by atoms with Gasteiger partial charge in [0.05, 0.1) is 18.4 Å². The maximum absolute atomic E-state index is 13.1. The van der Waals surface area contributed by atoms with Crippen LogP contribution in [0.4, 0.5) is 4.39 Å². The van der Waals surface area contributed by atoms with Crippen LogP contribution in [0.3, 0.4) is 0 Å². The highest BCUT2D eigenvalue weighted by atomic mass is 32.2. The standard InChI is InChI=1S/C18H16FNO3S/c19-12-7-5-11(6-8-12)15(9-17(21)22)20-18(23)14-10-24-16-4-2-1-3-13(14)16/h1-8,14-15H,9-10H2,(H,20,23)(H,21,22)/t14-,15+/m0/s1. The smallest absolute Gasteiger partial charge is 0.305 e. The number of hydrogen-bond acceptors (Lipinski definition) is 3. The highest BCUT2D eigenvalue weighted by molar-refractivity contribution is 7.99. The quantitative estimate of drug-likeness (QED) is 0.872. The van der Waals surface area contributed by atoms with Gasteiger partial charge in [0.2, 0.25) is 5.91 Å². The number of aliphatic carboxylic acids is 1. The Kier molecular flexibility index (Phi) is 4.85. The summed E-state index contributed by atoms with van der Waals surface area (Å²) in [4.78, 5) is 24.8. The molecule has 2 aromatic rings. The number of carboxylic acids is 1. The minimum atomic E-state index is -1.02. The van der Waals surface area contributed by atoms with E-state index >= 15 is 0 Å². The van der Waals surface area contributed by atoms with Crippen molar-refractivity contribution in [2.45, 2.75) is 23.3 Å². The summed E-state index contributed by atoms with van der Waals surface area (Å²) in [5, 5.41) is 11.9. The summed E-state index contributed by atoms with van der Waals surface area (Å²) >= 11 is 1.62. The molecule has 0 fully saturated rings. The van der Waals surface area contributed by atoms with E-state index in [1.165, 1.54) is 24.3 Å². The van der Waals surface area contributed by atoms with E-state index in [0.717, 1.165) is 10.5 Å². The molecule has 0 bridgehead atoms. The first kappa shape index (κ1) is 16.5. The normalized spacial score (nSPS) is 17.1. The van der Waals surface area contributed by atoms with Crippen LogP contribution in [-0.2, 0) is 9.59 Å². The molecule has 1 amide bonds. The number of amides is 1.